The number of aromatic nitrogens is 3. The van der Waals surface area contributed by atoms with Crippen LogP contribution in [0.1, 0.15) is 15.9 Å². The molecule has 2 heterocycles. The van der Waals surface area contributed by atoms with Crippen LogP contribution in [0.5, 0.6) is 0 Å². The van der Waals surface area contributed by atoms with E-state index in [4.69, 9.17) is 11.6 Å². The van der Waals surface area contributed by atoms with Crippen LogP contribution in [0, 0.1) is 0 Å². The van der Waals surface area contributed by atoms with Crippen LogP contribution in [0.25, 0.3) is 5.82 Å². The number of hydrogen-bond donors (Lipinski definition) is 1. The monoisotopic (exact) mass is 312 g/mol. The molecule has 2 aromatic heterocycles. The summed E-state index contributed by atoms with van der Waals surface area (Å²) in [4.78, 5) is 16.4. The van der Waals surface area contributed by atoms with Gasteiger partial charge in [-0.2, -0.15) is 5.10 Å². The topological polar surface area (TPSA) is 59.8 Å². The molecule has 0 radical (unpaired) electrons. The van der Waals surface area contributed by atoms with Crippen LogP contribution in [-0.4, -0.2) is 20.7 Å². The Bertz CT molecular complexity index is 769. The molecule has 0 bridgehead atoms. The highest BCUT2D eigenvalue weighted by Gasteiger charge is 2.09. The molecule has 6 heteroatoms. The maximum absolute atomic E-state index is 12.1. The first-order valence-electron chi connectivity index (χ1n) is 6.72. The first-order valence-corrected chi connectivity index (χ1v) is 7.09. The Balaban J connectivity index is 1.64. The van der Waals surface area contributed by atoms with Crippen molar-refractivity contribution in [3.8, 4) is 5.82 Å². The lowest BCUT2D eigenvalue weighted by molar-refractivity contribution is 0.0951. The first kappa shape index (κ1) is 14.3. The molecule has 22 heavy (non-hydrogen) atoms. The van der Waals surface area contributed by atoms with Gasteiger partial charge in [0.1, 0.15) is 0 Å². The van der Waals surface area contributed by atoms with Crippen molar-refractivity contribution in [2.24, 2.45) is 0 Å². The lowest BCUT2D eigenvalue weighted by atomic mass is 10.2. The number of halogens is 1. The SMILES string of the molecule is O=C(NCc1ccc(-n2cccn2)nc1)c1ccccc1Cl. The standard InChI is InChI=1S/C16H13ClN4O/c17-14-5-2-1-4-13(14)16(22)19-11-12-6-7-15(18-10-12)21-9-3-8-20-21/h1-10H,11H2,(H,19,22). The lowest BCUT2D eigenvalue weighted by Crippen LogP contribution is -2.23. The Hall–Kier alpha value is -2.66. The number of carbonyl (C=O) groups excluding carboxylic acids is 1. The Morgan fingerprint density at radius 2 is 2.05 bits per heavy atom. The van der Waals surface area contributed by atoms with E-state index in [-0.39, 0.29) is 5.91 Å². The van der Waals surface area contributed by atoms with Gasteiger partial charge in [-0.25, -0.2) is 9.67 Å². The van der Waals surface area contributed by atoms with E-state index in [1.54, 1.807) is 41.3 Å². The van der Waals surface area contributed by atoms with E-state index in [9.17, 15) is 4.79 Å². The molecule has 3 aromatic rings. The molecule has 0 saturated carbocycles. The fraction of sp³-hybridized carbons (Fsp3) is 0.0625. The summed E-state index contributed by atoms with van der Waals surface area (Å²) in [6.45, 7) is 0.385. The van der Waals surface area contributed by atoms with Gasteiger partial charge in [-0.1, -0.05) is 29.8 Å². The summed E-state index contributed by atoms with van der Waals surface area (Å²) in [6, 6.07) is 12.5. The first-order chi connectivity index (χ1) is 10.7. The van der Waals surface area contributed by atoms with E-state index in [1.165, 1.54) is 0 Å². The van der Waals surface area contributed by atoms with E-state index in [0.29, 0.717) is 17.1 Å². The molecule has 1 aromatic carbocycles. The molecular weight excluding hydrogens is 300 g/mol. The maximum atomic E-state index is 12.1. The van der Waals surface area contributed by atoms with Crippen molar-refractivity contribution in [3.05, 3.63) is 77.2 Å². The summed E-state index contributed by atoms with van der Waals surface area (Å²) in [5, 5.41) is 7.37. The number of nitrogens with one attached hydrogen (secondary N) is 1. The highest BCUT2D eigenvalue weighted by molar-refractivity contribution is 6.33. The van der Waals surface area contributed by atoms with Gasteiger partial charge in [0, 0.05) is 25.1 Å². The third-order valence-electron chi connectivity index (χ3n) is 3.12. The van der Waals surface area contributed by atoms with Crippen molar-refractivity contribution in [1.29, 1.82) is 0 Å². The highest BCUT2D eigenvalue weighted by Crippen LogP contribution is 2.14. The fourth-order valence-electron chi connectivity index (χ4n) is 1.98. The van der Waals surface area contributed by atoms with Gasteiger partial charge < -0.3 is 5.32 Å². The van der Waals surface area contributed by atoms with Crippen molar-refractivity contribution in [3.63, 3.8) is 0 Å². The molecule has 5 nitrogen and oxygen atoms in total. The van der Waals surface area contributed by atoms with Gasteiger partial charge >= 0.3 is 0 Å². The van der Waals surface area contributed by atoms with Crippen molar-refractivity contribution in [1.82, 2.24) is 20.1 Å². The quantitative estimate of drug-likeness (QED) is 0.806. The van der Waals surface area contributed by atoms with Crippen LogP contribution in [0.2, 0.25) is 5.02 Å². The molecule has 0 fully saturated rings. The van der Waals surface area contributed by atoms with Gasteiger partial charge in [0.2, 0.25) is 0 Å². The number of benzene rings is 1. The molecule has 0 aliphatic carbocycles. The minimum absolute atomic E-state index is 0.207. The van der Waals surface area contributed by atoms with E-state index in [2.05, 4.69) is 15.4 Å². The number of amides is 1. The number of pyridine rings is 1. The molecule has 0 aliphatic rings. The Morgan fingerprint density at radius 3 is 2.73 bits per heavy atom. The summed E-state index contributed by atoms with van der Waals surface area (Å²) < 4.78 is 1.67. The smallest absolute Gasteiger partial charge is 0.253 e. The molecular formula is C16H13ClN4O. The van der Waals surface area contributed by atoms with Crippen LogP contribution in [0.15, 0.2) is 61.1 Å². The van der Waals surface area contributed by atoms with Crippen LogP contribution in [-0.2, 0) is 6.54 Å². The predicted octanol–water partition coefficient (Wildman–Crippen LogP) is 2.85. The van der Waals surface area contributed by atoms with Crippen molar-refractivity contribution in [2.75, 3.05) is 0 Å². The minimum Gasteiger partial charge on any atom is -0.348 e. The second-order valence-electron chi connectivity index (χ2n) is 4.64. The zero-order valence-corrected chi connectivity index (χ0v) is 12.4. The normalized spacial score (nSPS) is 10.4. The van der Waals surface area contributed by atoms with Gasteiger partial charge in [-0.3, -0.25) is 4.79 Å². The summed E-state index contributed by atoms with van der Waals surface area (Å²) in [5.41, 5.74) is 1.36. The van der Waals surface area contributed by atoms with Crippen LogP contribution in [0.3, 0.4) is 0 Å². The Kier molecular flexibility index (Phi) is 4.16. The van der Waals surface area contributed by atoms with E-state index in [1.807, 2.05) is 24.4 Å². The van der Waals surface area contributed by atoms with E-state index in [0.717, 1.165) is 11.4 Å². The molecule has 0 atom stereocenters. The van der Waals surface area contributed by atoms with Crippen molar-refractivity contribution >= 4 is 17.5 Å². The lowest BCUT2D eigenvalue weighted by Gasteiger charge is -2.07. The Labute approximate surface area is 132 Å². The van der Waals surface area contributed by atoms with Crippen LogP contribution in [0.4, 0.5) is 0 Å². The van der Waals surface area contributed by atoms with Gasteiger partial charge in [0.15, 0.2) is 5.82 Å². The zero-order chi connectivity index (χ0) is 15.4. The summed E-state index contributed by atoms with van der Waals surface area (Å²) in [7, 11) is 0. The third-order valence-corrected chi connectivity index (χ3v) is 3.45. The molecule has 0 saturated heterocycles. The molecule has 0 unspecified atom stereocenters. The van der Waals surface area contributed by atoms with Crippen molar-refractivity contribution < 1.29 is 4.79 Å². The van der Waals surface area contributed by atoms with Gasteiger partial charge in [-0.15, -0.1) is 0 Å². The zero-order valence-electron chi connectivity index (χ0n) is 11.6. The summed E-state index contributed by atoms with van der Waals surface area (Å²) in [6.07, 6.45) is 5.23. The van der Waals surface area contributed by atoms with Crippen LogP contribution < -0.4 is 5.32 Å². The second-order valence-corrected chi connectivity index (χ2v) is 5.05. The largest absolute Gasteiger partial charge is 0.348 e. The molecule has 1 N–H and O–H groups in total. The number of carbonyl (C=O) groups is 1. The third kappa shape index (κ3) is 3.15. The van der Waals surface area contributed by atoms with Crippen LogP contribution >= 0.6 is 11.6 Å². The molecule has 0 aliphatic heterocycles. The fourth-order valence-corrected chi connectivity index (χ4v) is 2.21. The van der Waals surface area contributed by atoms with Gasteiger partial charge in [0.25, 0.3) is 5.91 Å². The van der Waals surface area contributed by atoms with Gasteiger partial charge in [-0.05, 0) is 29.8 Å². The Morgan fingerprint density at radius 1 is 1.18 bits per heavy atom. The predicted molar refractivity (Wildman–Crippen MR) is 84.0 cm³/mol. The van der Waals surface area contributed by atoms with Crippen molar-refractivity contribution in [2.45, 2.75) is 6.54 Å². The maximum Gasteiger partial charge on any atom is 0.253 e. The number of rotatable bonds is 4. The second kappa shape index (κ2) is 6.41. The summed E-state index contributed by atoms with van der Waals surface area (Å²) in [5.74, 6) is 0.521. The molecule has 110 valence electrons. The van der Waals surface area contributed by atoms with E-state index >= 15 is 0 Å². The average Bonchev–Trinajstić information content (AvgIpc) is 3.08. The molecule has 1 amide bonds. The molecule has 0 spiro atoms. The molecule has 3 rings (SSSR count). The summed E-state index contributed by atoms with van der Waals surface area (Å²) >= 11 is 6.00. The minimum atomic E-state index is -0.207. The number of nitrogens with zero attached hydrogens (tertiary/aromatic N) is 3. The average molecular weight is 313 g/mol. The van der Waals surface area contributed by atoms with E-state index < -0.39 is 0 Å². The number of hydrogen-bond acceptors (Lipinski definition) is 3. The van der Waals surface area contributed by atoms with Gasteiger partial charge in [0.05, 0.1) is 10.6 Å². The highest BCUT2D eigenvalue weighted by atomic mass is 35.5.